The first kappa shape index (κ1) is 22.9. The molecule has 29 heavy (non-hydrogen) atoms. The third-order valence-electron chi connectivity index (χ3n) is 4.35. The molecule has 0 fully saturated rings. The molecule has 0 amide bonds. The van der Waals surface area contributed by atoms with E-state index in [0.717, 1.165) is 53.7 Å². The van der Waals surface area contributed by atoms with Crippen LogP contribution in [-0.2, 0) is 25.9 Å². The summed E-state index contributed by atoms with van der Waals surface area (Å²) in [7, 11) is 0. The molecule has 0 aliphatic carbocycles. The summed E-state index contributed by atoms with van der Waals surface area (Å²) in [4.78, 5) is 9.06. The molecule has 9 heteroatoms. The molecule has 0 radical (unpaired) electrons. The van der Waals surface area contributed by atoms with E-state index in [4.69, 9.17) is 9.52 Å². The number of rotatable bonds is 8. The number of hydrogen-bond donors (Lipinski definition) is 2. The molecule has 8 nitrogen and oxygen atoms in total. The minimum absolute atomic E-state index is 0. The highest BCUT2D eigenvalue weighted by atomic mass is 127. The molecule has 2 N–H and O–H groups in total. The maximum atomic E-state index is 5.44. The smallest absolute Gasteiger partial charge is 0.191 e. The van der Waals surface area contributed by atoms with Crippen LogP contribution in [0.4, 0.5) is 0 Å². The van der Waals surface area contributed by atoms with E-state index in [1.807, 2.05) is 31.3 Å². The van der Waals surface area contributed by atoms with Gasteiger partial charge in [0, 0.05) is 43.7 Å². The van der Waals surface area contributed by atoms with Gasteiger partial charge in [-0.2, -0.15) is 5.10 Å². The van der Waals surface area contributed by atoms with E-state index in [1.165, 1.54) is 0 Å². The van der Waals surface area contributed by atoms with Gasteiger partial charge in [-0.3, -0.25) is 0 Å². The van der Waals surface area contributed by atoms with Crippen molar-refractivity contribution in [3.63, 3.8) is 0 Å². The summed E-state index contributed by atoms with van der Waals surface area (Å²) in [5, 5.41) is 15.1. The third kappa shape index (κ3) is 6.02. The minimum Gasteiger partial charge on any atom is -0.361 e. The number of halogens is 1. The lowest BCUT2D eigenvalue weighted by atomic mass is 10.1. The first-order valence-corrected chi connectivity index (χ1v) is 9.68. The number of nitrogens with one attached hydrogen (secondary N) is 2. The van der Waals surface area contributed by atoms with Gasteiger partial charge < -0.3 is 15.2 Å². The predicted octanol–water partition coefficient (Wildman–Crippen LogP) is 3.25. The van der Waals surface area contributed by atoms with E-state index in [2.05, 4.69) is 39.7 Å². The van der Waals surface area contributed by atoms with Crippen molar-refractivity contribution in [1.29, 1.82) is 0 Å². The summed E-state index contributed by atoms with van der Waals surface area (Å²) in [6.07, 6.45) is 7.06. The lowest BCUT2D eigenvalue weighted by molar-refractivity contribution is 0.380. The summed E-state index contributed by atoms with van der Waals surface area (Å²) >= 11 is 0. The predicted molar refractivity (Wildman–Crippen MR) is 124 cm³/mol. The van der Waals surface area contributed by atoms with Gasteiger partial charge >= 0.3 is 0 Å². The van der Waals surface area contributed by atoms with Crippen molar-refractivity contribution in [2.45, 2.75) is 46.7 Å². The van der Waals surface area contributed by atoms with E-state index in [0.29, 0.717) is 13.1 Å². The second-order valence-corrected chi connectivity index (χ2v) is 6.26. The quantitative estimate of drug-likeness (QED) is 0.275. The summed E-state index contributed by atoms with van der Waals surface area (Å²) in [5.41, 5.74) is 3.19. The first-order valence-electron chi connectivity index (χ1n) is 9.68. The van der Waals surface area contributed by atoms with E-state index >= 15 is 0 Å². The molecule has 0 aromatic carbocycles. The molecule has 0 unspecified atom stereocenters. The Balaban J connectivity index is 0.00000300. The van der Waals surface area contributed by atoms with Crippen LogP contribution in [0.5, 0.6) is 0 Å². The Morgan fingerprint density at radius 1 is 1.17 bits per heavy atom. The zero-order valence-electron chi connectivity index (χ0n) is 17.1. The number of aryl methyl sites for hydroxylation is 2. The highest BCUT2D eigenvalue weighted by Gasteiger charge is 2.13. The van der Waals surface area contributed by atoms with Crippen molar-refractivity contribution in [2.24, 2.45) is 4.99 Å². The molecule has 3 heterocycles. The van der Waals surface area contributed by atoms with Crippen molar-refractivity contribution in [3.8, 4) is 5.82 Å². The number of guanidine groups is 1. The number of aromatic nitrogens is 4. The SMILES string of the molecule is CCNC(=NCc1ccnc(-n2cccn2)c1)NCc1c(CC)noc1CC.I. The Morgan fingerprint density at radius 3 is 2.72 bits per heavy atom. The normalized spacial score (nSPS) is 11.2. The highest BCUT2D eigenvalue weighted by molar-refractivity contribution is 14.0. The van der Waals surface area contributed by atoms with Gasteiger partial charge in [0.1, 0.15) is 5.76 Å². The fraction of sp³-hybridized carbons (Fsp3) is 0.400. The van der Waals surface area contributed by atoms with Crippen LogP contribution in [-0.4, -0.2) is 32.4 Å². The van der Waals surface area contributed by atoms with Gasteiger partial charge in [0.25, 0.3) is 0 Å². The van der Waals surface area contributed by atoms with Crippen molar-refractivity contribution in [3.05, 3.63) is 59.4 Å². The molecule has 0 saturated heterocycles. The zero-order valence-corrected chi connectivity index (χ0v) is 19.4. The summed E-state index contributed by atoms with van der Waals surface area (Å²) < 4.78 is 7.18. The van der Waals surface area contributed by atoms with E-state index in [9.17, 15) is 0 Å². The van der Waals surface area contributed by atoms with Crippen LogP contribution in [0.25, 0.3) is 5.82 Å². The van der Waals surface area contributed by atoms with Gasteiger partial charge in [0.2, 0.25) is 0 Å². The number of nitrogens with zero attached hydrogens (tertiary/aromatic N) is 5. The molecule has 3 aromatic heterocycles. The van der Waals surface area contributed by atoms with Gasteiger partial charge in [0.15, 0.2) is 11.8 Å². The van der Waals surface area contributed by atoms with Gasteiger partial charge in [0.05, 0.1) is 12.2 Å². The monoisotopic (exact) mass is 509 g/mol. The molecular formula is C20H28IN7O. The maximum Gasteiger partial charge on any atom is 0.191 e. The fourth-order valence-corrected chi connectivity index (χ4v) is 2.91. The van der Waals surface area contributed by atoms with Crippen LogP contribution in [0.1, 0.15) is 43.4 Å². The lowest BCUT2D eigenvalue weighted by Gasteiger charge is -2.12. The minimum atomic E-state index is 0. The molecule has 0 spiro atoms. The largest absolute Gasteiger partial charge is 0.361 e. The van der Waals surface area contributed by atoms with Crippen LogP contribution in [0.3, 0.4) is 0 Å². The molecule has 0 saturated carbocycles. The molecule has 3 rings (SSSR count). The Kier molecular flexibility index (Phi) is 9.10. The summed E-state index contributed by atoms with van der Waals surface area (Å²) in [6.45, 7) is 8.16. The second kappa shape index (κ2) is 11.5. The van der Waals surface area contributed by atoms with Gasteiger partial charge in [-0.25, -0.2) is 14.7 Å². The molecule has 0 aliphatic rings. The van der Waals surface area contributed by atoms with Gasteiger partial charge in [-0.15, -0.1) is 24.0 Å². The van der Waals surface area contributed by atoms with Gasteiger partial charge in [-0.05, 0) is 37.1 Å². The molecule has 0 atom stereocenters. The van der Waals surface area contributed by atoms with Crippen molar-refractivity contribution < 1.29 is 4.52 Å². The van der Waals surface area contributed by atoms with E-state index in [1.54, 1.807) is 17.1 Å². The van der Waals surface area contributed by atoms with E-state index < -0.39 is 0 Å². The molecule has 3 aromatic rings. The Labute approximate surface area is 188 Å². The Hall–Kier alpha value is -2.43. The lowest BCUT2D eigenvalue weighted by Crippen LogP contribution is -2.37. The first-order chi connectivity index (χ1) is 13.7. The zero-order chi connectivity index (χ0) is 19.8. The van der Waals surface area contributed by atoms with Crippen molar-refractivity contribution >= 4 is 29.9 Å². The molecule has 0 aliphatic heterocycles. The summed E-state index contributed by atoms with van der Waals surface area (Å²) in [6, 6.07) is 5.83. The van der Waals surface area contributed by atoms with Gasteiger partial charge in [-0.1, -0.05) is 19.0 Å². The molecule has 0 bridgehead atoms. The summed E-state index contributed by atoms with van der Waals surface area (Å²) in [5.74, 6) is 2.46. The number of hydrogen-bond acceptors (Lipinski definition) is 5. The fourth-order valence-electron chi connectivity index (χ4n) is 2.91. The van der Waals surface area contributed by atoms with Crippen molar-refractivity contribution in [1.82, 2.24) is 30.6 Å². The Bertz CT molecular complexity index is 884. The average Bonchev–Trinajstić information content (AvgIpc) is 3.39. The van der Waals surface area contributed by atoms with E-state index in [-0.39, 0.29) is 24.0 Å². The van der Waals surface area contributed by atoms with Crippen LogP contribution in [0, 0.1) is 0 Å². The standard InChI is InChI=1S/C20H27N7O.HI/c1-4-17-16(18(5-2)28-26-17)14-24-20(21-6-3)23-13-15-8-10-22-19(12-15)27-11-7-9-25-27;/h7-12H,4-6,13-14H2,1-3H3,(H2,21,23,24);1H. The third-order valence-corrected chi connectivity index (χ3v) is 4.35. The van der Waals surface area contributed by atoms with Crippen molar-refractivity contribution in [2.75, 3.05) is 6.54 Å². The number of aliphatic imine (C=N–C) groups is 1. The Morgan fingerprint density at radius 2 is 2.03 bits per heavy atom. The van der Waals surface area contributed by atoms with Crippen LogP contribution in [0.2, 0.25) is 0 Å². The average molecular weight is 509 g/mol. The second-order valence-electron chi connectivity index (χ2n) is 6.26. The van der Waals surface area contributed by atoms with Crippen LogP contribution >= 0.6 is 24.0 Å². The molecule has 156 valence electrons. The molecular weight excluding hydrogens is 481 g/mol. The maximum absolute atomic E-state index is 5.44. The number of pyridine rings is 1. The van der Waals surface area contributed by atoms with Crippen LogP contribution < -0.4 is 10.6 Å². The van der Waals surface area contributed by atoms with Crippen LogP contribution in [0.15, 0.2) is 46.3 Å². The highest BCUT2D eigenvalue weighted by Crippen LogP contribution is 2.15. The topological polar surface area (TPSA) is 93.2 Å².